The van der Waals surface area contributed by atoms with Crippen molar-refractivity contribution in [3.05, 3.63) is 35.9 Å². The van der Waals surface area contributed by atoms with E-state index in [4.69, 9.17) is 4.74 Å². The molecule has 1 aliphatic carbocycles. The molecule has 0 radical (unpaired) electrons. The second-order valence-corrected chi connectivity index (χ2v) is 5.25. The van der Waals surface area contributed by atoms with Gasteiger partial charge in [-0.1, -0.05) is 24.6 Å². The molecule has 2 heteroatoms. The van der Waals surface area contributed by atoms with Crippen molar-refractivity contribution in [1.29, 1.82) is 0 Å². The van der Waals surface area contributed by atoms with Crippen molar-refractivity contribution in [2.24, 2.45) is 5.92 Å². The Morgan fingerprint density at radius 2 is 1.88 bits per heavy atom. The second kappa shape index (κ2) is 4.52. The fourth-order valence-electron chi connectivity index (χ4n) is 3.07. The van der Waals surface area contributed by atoms with E-state index in [1.54, 1.807) is 0 Å². The lowest BCUT2D eigenvalue weighted by Gasteiger charge is -2.33. The molecule has 0 unspecified atom stereocenters. The summed E-state index contributed by atoms with van der Waals surface area (Å²) in [6.07, 6.45) is 5.72. The third-order valence-electron chi connectivity index (χ3n) is 3.98. The van der Waals surface area contributed by atoms with E-state index in [1.165, 1.54) is 31.2 Å². The molecule has 0 amide bonds. The molecule has 0 bridgehead atoms. The van der Waals surface area contributed by atoms with Gasteiger partial charge in [-0.2, -0.15) is 0 Å². The minimum Gasteiger partial charge on any atom is -0.440 e. The van der Waals surface area contributed by atoms with Crippen molar-refractivity contribution >= 4 is 5.90 Å². The maximum absolute atomic E-state index is 6.23. The molecule has 1 saturated carbocycles. The highest BCUT2D eigenvalue weighted by Gasteiger charge is 2.37. The molecule has 2 nitrogen and oxygen atoms in total. The third-order valence-corrected chi connectivity index (χ3v) is 3.98. The van der Waals surface area contributed by atoms with Crippen LogP contribution >= 0.6 is 0 Å². The van der Waals surface area contributed by atoms with Crippen LogP contribution in [0.2, 0.25) is 0 Å². The Morgan fingerprint density at radius 1 is 1.12 bits per heavy atom. The van der Waals surface area contributed by atoms with Gasteiger partial charge in [0.25, 0.3) is 0 Å². The highest BCUT2D eigenvalue weighted by Crippen LogP contribution is 2.30. The Hall–Kier alpha value is -1.31. The van der Waals surface area contributed by atoms with Crippen molar-refractivity contribution in [1.82, 2.24) is 0 Å². The lowest BCUT2D eigenvalue weighted by molar-refractivity contribution is -0.528. The summed E-state index contributed by atoms with van der Waals surface area (Å²) in [5.41, 5.74) is 1.21. The summed E-state index contributed by atoms with van der Waals surface area (Å²) in [5.74, 6) is 1.80. The number of fused-ring (bicyclic) bond motifs is 1. The monoisotopic (exact) mass is 230 g/mol. The van der Waals surface area contributed by atoms with Gasteiger partial charge in [0.1, 0.15) is 13.2 Å². The Kier molecular flexibility index (Phi) is 2.87. The molecule has 90 valence electrons. The van der Waals surface area contributed by atoms with E-state index < -0.39 is 0 Å². The summed E-state index contributed by atoms with van der Waals surface area (Å²) in [5, 5.41) is 0. The van der Waals surface area contributed by atoms with Crippen LogP contribution in [-0.2, 0) is 4.74 Å². The highest BCUT2D eigenvalue weighted by atomic mass is 16.5. The molecule has 0 saturated heterocycles. The van der Waals surface area contributed by atoms with Gasteiger partial charge in [-0.25, -0.2) is 4.58 Å². The van der Waals surface area contributed by atoms with E-state index in [-0.39, 0.29) is 0 Å². The average molecular weight is 230 g/mol. The van der Waals surface area contributed by atoms with Crippen LogP contribution in [-0.4, -0.2) is 30.2 Å². The molecule has 1 heterocycles. The predicted molar refractivity (Wildman–Crippen MR) is 68.4 cm³/mol. The van der Waals surface area contributed by atoms with Crippen molar-refractivity contribution in [2.45, 2.75) is 31.8 Å². The van der Waals surface area contributed by atoms with Crippen molar-refractivity contribution in [2.75, 3.05) is 13.6 Å². The quantitative estimate of drug-likeness (QED) is 0.676. The van der Waals surface area contributed by atoms with Gasteiger partial charge in [-0.3, -0.25) is 0 Å². The molecule has 1 fully saturated rings. The zero-order valence-corrected chi connectivity index (χ0v) is 10.4. The lowest BCUT2D eigenvalue weighted by atomic mass is 9.85. The normalized spacial score (nSPS) is 28.5. The number of benzene rings is 1. The van der Waals surface area contributed by atoms with Gasteiger partial charge < -0.3 is 4.74 Å². The maximum atomic E-state index is 6.23. The first-order valence-corrected chi connectivity index (χ1v) is 6.65. The van der Waals surface area contributed by atoms with Gasteiger partial charge in [-0.05, 0) is 31.4 Å². The molecule has 1 aliphatic heterocycles. The first-order valence-electron chi connectivity index (χ1n) is 6.65. The minimum absolute atomic E-state index is 0.454. The minimum atomic E-state index is 0.454. The summed E-state index contributed by atoms with van der Waals surface area (Å²) >= 11 is 0. The number of nitrogens with zero attached hydrogens (tertiary/aromatic N) is 1. The molecule has 3 rings (SSSR count). The first-order chi connectivity index (χ1) is 8.34. The van der Waals surface area contributed by atoms with E-state index in [1.807, 2.05) is 0 Å². The molecule has 0 N–H and O–H groups in total. The van der Waals surface area contributed by atoms with Crippen LogP contribution in [0.4, 0.5) is 0 Å². The second-order valence-electron chi connectivity index (χ2n) is 5.25. The fourth-order valence-corrected chi connectivity index (χ4v) is 3.07. The Balaban J connectivity index is 1.89. The third kappa shape index (κ3) is 2.08. The predicted octanol–water partition coefficient (Wildman–Crippen LogP) is 2.66. The Labute approximate surface area is 103 Å². The Bertz CT molecular complexity index is 424. The van der Waals surface area contributed by atoms with Gasteiger partial charge in [-0.15, -0.1) is 0 Å². The van der Waals surface area contributed by atoms with Gasteiger partial charge in [0.15, 0.2) is 6.54 Å². The number of rotatable bonds is 1. The molecule has 0 aromatic heterocycles. The summed E-state index contributed by atoms with van der Waals surface area (Å²) < 4.78 is 8.51. The zero-order chi connectivity index (χ0) is 11.7. The van der Waals surface area contributed by atoms with E-state index in [0.717, 1.165) is 18.4 Å². The molecule has 17 heavy (non-hydrogen) atoms. The molecule has 2 aliphatic rings. The van der Waals surface area contributed by atoms with Crippen molar-refractivity contribution in [3.63, 3.8) is 0 Å². The van der Waals surface area contributed by atoms with Crippen LogP contribution < -0.4 is 0 Å². The summed E-state index contributed by atoms with van der Waals surface area (Å²) in [7, 11) is 2.15. The molecular formula is C15H20NO+. The largest absolute Gasteiger partial charge is 0.440 e. The van der Waals surface area contributed by atoms with E-state index >= 15 is 0 Å². The van der Waals surface area contributed by atoms with E-state index in [2.05, 4.69) is 42.0 Å². The summed E-state index contributed by atoms with van der Waals surface area (Å²) in [4.78, 5) is 0. The highest BCUT2D eigenvalue weighted by molar-refractivity contribution is 5.90. The van der Waals surface area contributed by atoms with Crippen LogP contribution in [0.25, 0.3) is 0 Å². The smallest absolute Gasteiger partial charge is 0.369 e. The average Bonchev–Trinajstić information content (AvgIpc) is 2.39. The van der Waals surface area contributed by atoms with Crippen molar-refractivity contribution in [3.8, 4) is 0 Å². The zero-order valence-electron chi connectivity index (χ0n) is 10.4. The molecule has 1 aromatic rings. The first kappa shape index (κ1) is 10.8. The number of hydrogen-bond acceptors (Lipinski definition) is 1. The standard InChI is InChI=1S/C15H20NO/c1-16-11-13-9-5-6-10-14(13)17-15(16)12-7-3-2-4-8-12/h2-4,7-8,13-14H,5-6,9-11H2,1H3/q+1/t13-,14-/m0/s1. The number of ether oxygens (including phenoxy) is 1. The molecular weight excluding hydrogens is 210 g/mol. The maximum Gasteiger partial charge on any atom is 0.369 e. The van der Waals surface area contributed by atoms with Crippen LogP contribution in [0.1, 0.15) is 31.2 Å². The van der Waals surface area contributed by atoms with E-state index in [9.17, 15) is 0 Å². The summed E-state index contributed by atoms with van der Waals surface area (Å²) in [6, 6.07) is 10.5. The molecule has 2 atom stereocenters. The molecule has 1 aromatic carbocycles. The SMILES string of the molecule is C[N+]1=C(c2ccccc2)O[C@H]2CCCC[C@H]2C1. The van der Waals surface area contributed by atoms with Crippen LogP contribution in [0, 0.1) is 5.92 Å². The van der Waals surface area contributed by atoms with E-state index in [0.29, 0.717) is 6.10 Å². The van der Waals surface area contributed by atoms with Crippen LogP contribution in [0.5, 0.6) is 0 Å². The van der Waals surface area contributed by atoms with Gasteiger partial charge >= 0.3 is 5.90 Å². The van der Waals surface area contributed by atoms with Gasteiger partial charge in [0.05, 0.1) is 11.5 Å². The van der Waals surface area contributed by atoms with Gasteiger partial charge in [0, 0.05) is 0 Å². The summed E-state index contributed by atoms with van der Waals surface area (Å²) in [6.45, 7) is 1.15. The molecule has 0 spiro atoms. The van der Waals surface area contributed by atoms with Crippen LogP contribution in [0.3, 0.4) is 0 Å². The lowest BCUT2D eigenvalue weighted by Crippen LogP contribution is -2.43. The van der Waals surface area contributed by atoms with Crippen LogP contribution in [0.15, 0.2) is 30.3 Å². The topological polar surface area (TPSA) is 12.2 Å². The van der Waals surface area contributed by atoms with Gasteiger partial charge in [0.2, 0.25) is 0 Å². The van der Waals surface area contributed by atoms with Crippen molar-refractivity contribution < 1.29 is 9.31 Å². The number of hydrogen-bond donors (Lipinski definition) is 0. The fraction of sp³-hybridized carbons (Fsp3) is 0.533. The Morgan fingerprint density at radius 3 is 2.71 bits per heavy atom.